The number of carboxylic acids is 1. The van der Waals surface area contributed by atoms with Crippen LogP contribution in [0.3, 0.4) is 0 Å². The fraction of sp³-hybridized carbons (Fsp3) is 0.867. The summed E-state index contributed by atoms with van der Waals surface area (Å²) in [6.07, 6.45) is 5.42. The molecule has 1 aliphatic heterocycles. The zero-order valence-corrected chi connectivity index (χ0v) is 12.5. The van der Waals surface area contributed by atoms with E-state index in [2.05, 4.69) is 4.90 Å². The van der Waals surface area contributed by atoms with Gasteiger partial charge in [0.15, 0.2) is 0 Å². The van der Waals surface area contributed by atoms with Gasteiger partial charge >= 0.3 is 5.97 Å². The molecule has 5 nitrogen and oxygen atoms in total. The maximum Gasteiger partial charge on any atom is 0.307 e. The molecule has 1 saturated heterocycles. The van der Waals surface area contributed by atoms with Gasteiger partial charge in [0, 0.05) is 19.1 Å². The topological polar surface area (TPSA) is 60.9 Å². The highest BCUT2D eigenvalue weighted by Gasteiger charge is 2.39. The largest absolute Gasteiger partial charge is 0.481 e. The van der Waals surface area contributed by atoms with Gasteiger partial charge in [-0.1, -0.05) is 12.8 Å². The summed E-state index contributed by atoms with van der Waals surface area (Å²) in [7, 11) is 4.08. The first-order chi connectivity index (χ1) is 9.50. The third-order valence-electron chi connectivity index (χ3n) is 4.84. The van der Waals surface area contributed by atoms with Gasteiger partial charge in [-0.05, 0) is 39.8 Å². The molecule has 0 aromatic carbocycles. The molecule has 0 bridgehead atoms. The summed E-state index contributed by atoms with van der Waals surface area (Å²) in [6.45, 7) is 1.53. The first-order valence-electron chi connectivity index (χ1n) is 7.68. The Bertz CT molecular complexity index is 370. The molecule has 0 spiro atoms. The normalized spacial score (nSPS) is 31.4. The lowest BCUT2D eigenvalue weighted by Crippen LogP contribution is -2.51. The number of likely N-dealkylation sites (tertiary alicyclic amines) is 1. The Morgan fingerprint density at radius 2 is 1.70 bits per heavy atom. The highest BCUT2D eigenvalue weighted by molar-refractivity contribution is 5.85. The van der Waals surface area contributed by atoms with Crippen molar-refractivity contribution in [3.05, 3.63) is 0 Å². The van der Waals surface area contributed by atoms with Gasteiger partial charge in [-0.3, -0.25) is 9.59 Å². The summed E-state index contributed by atoms with van der Waals surface area (Å²) in [6, 6.07) is 0.402. The Morgan fingerprint density at radius 1 is 1.05 bits per heavy atom. The van der Waals surface area contributed by atoms with Crippen LogP contribution in [0, 0.1) is 11.8 Å². The average Bonchev–Trinajstić information content (AvgIpc) is 2.46. The van der Waals surface area contributed by atoms with Crippen LogP contribution < -0.4 is 0 Å². The highest BCUT2D eigenvalue weighted by Crippen LogP contribution is 2.32. The molecule has 0 radical (unpaired) electrons. The first-order valence-corrected chi connectivity index (χ1v) is 7.68. The molecule has 1 saturated carbocycles. The number of hydrogen-bond acceptors (Lipinski definition) is 3. The molecule has 20 heavy (non-hydrogen) atoms. The average molecular weight is 282 g/mol. The molecule has 1 N–H and O–H groups in total. The van der Waals surface area contributed by atoms with Gasteiger partial charge in [-0.25, -0.2) is 0 Å². The fourth-order valence-corrected chi connectivity index (χ4v) is 3.53. The molecule has 1 heterocycles. The molecular weight excluding hydrogens is 256 g/mol. The molecule has 114 valence electrons. The summed E-state index contributed by atoms with van der Waals surface area (Å²) < 4.78 is 0. The number of likely N-dealkylation sites (N-methyl/N-ethyl adjacent to an activating group) is 1. The number of hydrogen-bond donors (Lipinski definition) is 1. The molecule has 2 aliphatic rings. The van der Waals surface area contributed by atoms with Crippen LogP contribution in [-0.4, -0.2) is 60.0 Å². The van der Waals surface area contributed by atoms with Gasteiger partial charge in [-0.2, -0.15) is 0 Å². The Kier molecular flexibility index (Phi) is 5.02. The standard InChI is InChI=1S/C15H26N2O3/c1-16(2)11-6-5-9-17(10-11)14(18)12-7-3-4-8-13(12)15(19)20/h11-13H,3-10H2,1-2H3,(H,19,20)/t11?,12-,13+/m1/s1. The molecule has 1 amide bonds. The number of nitrogens with zero attached hydrogens (tertiary/aromatic N) is 2. The van der Waals surface area contributed by atoms with Crippen molar-refractivity contribution in [1.82, 2.24) is 9.80 Å². The van der Waals surface area contributed by atoms with Gasteiger partial charge in [0.05, 0.1) is 11.8 Å². The van der Waals surface area contributed by atoms with Crippen molar-refractivity contribution in [2.45, 2.75) is 44.6 Å². The van der Waals surface area contributed by atoms with E-state index in [1.54, 1.807) is 0 Å². The highest BCUT2D eigenvalue weighted by atomic mass is 16.4. The van der Waals surface area contributed by atoms with E-state index in [1.807, 2.05) is 19.0 Å². The van der Waals surface area contributed by atoms with Crippen LogP contribution in [0.5, 0.6) is 0 Å². The zero-order chi connectivity index (χ0) is 14.7. The second kappa shape index (κ2) is 6.57. The van der Waals surface area contributed by atoms with Crippen LogP contribution in [0.25, 0.3) is 0 Å². The summed E-state index contributed by atoms with van der Waals surface area (Å²) in [5.74, 6) is -1.51. The van der Waals surface area contributed by atoms with Gasteiger partial charge in [0.1, 0.15) is 0 Å². The van der Waals surface area contributed by atoms with Crippen LogP contribution in [0.4, 0.5) is 0 Å². The molecule has 1 unspecified atom stereocenters. The molecule has 1 aliphatic carbocycles. The Hall–Kier alpha value is -1.10. The predicted octanol–water partition coefficient (Wildman–Crippen LogP) is 1.43. The van der Waals surface area contributed by atoms with Crippen LogP contribution in [0.15, 0.2) is 0 Å². The van der Waals surface area contributed by atoms with Crippen LogP contribution in [0.1, 0.15) is 38.5 Å². The number of amides is 1. The van der Waals surface area contributed by atoms with E-state index in [1.165, 1.54) is 0 Å². The number of carboxylic acid groups (broad SMARTS) is 1. The molecule has 0 aromatic rings. The quantitative estimate of drug-likeness (QED) is 0.850. The van der Waals surface area contributed by atoms with E-state index < -0.39 is 11.9 Å². The Morgan fingerprint density at radius 3 is 2.30 bits per heavy atom. The maximum atomic E-state index is 12.7. The van der Waals surface area contributed by atoms with Gasteiger partial charge in [-0.15, -0.1) is 0 Å². The van der Waals surface area contributed by atoms with E-state index in [0.29, 0.717) is 12.5 Å². The molecular formula is C15H26N2O3. The van der Waals surface area contributed by atoms with E-state index >= 15 is 0 Å². The van der Waals surface area contributed by atoms with Crippen molar-refractivity contribution < 1.29 is 14.7 Å². The van der Waals surface area contributed by atoms with E-state index in [4.69, 9.17) is 0 Å². The predicted molar refractivity (Wildman–Crippen MR) is 76.4 cm³/mol. The second-order valence-electron chi connectivity index (χ2n) is 6.38. The van der Waals surface area contributed by atoms with Gasteiger partial charge in [0.25, 0.3) is 0 Å². The molecule has 0 aromatic heterocycles. The minimum atomic E-state index is -0.802. The van der Waals surface area contributed by atoms with Crippen molar-refractivity contribution in [2.75, 3.05) is 27.2 Å². The van der Waals surface area contributed by atoms with Crippen LogP contribution >= 0.6 is 0 Å². The lowest BCUT2D eigenvalue weighted by atomic mass is 9.78. The molecule has 3 atom stereocenters. The number of rotatable bonds is 3. The molecule has 2 fully saturated rings. The summed E-state index contributed by atoms with van der Waals surface area (Å²) in [5.41, 5.74) is 0. The van der Waals surface area contributed by atoms with Crippen LogP contribution in [0.2, 0.25) is 0 Å². The number of carbonyl (C=O) groups excluding carboxylic acids is 1. The lowest BCUT2D eigenvalue weighted by molar-refractivity contribution is -0.153. The van der Waals surface area contributed by atoms with Crippen molar-refractivity contribution in [1.29, 1.82) is 0 Å². The Labute approximate surface area is 120 Å². The van der Waals surface area contributed by atoms with Crippen molar-refractivity contribution in [3.8, 4) is 0 Å². The second-order valence-corrected chi connectivity index (χ2v) is 6.38. The van der Waals surface area contributed by atoms with E-state index in [0.717, 1.165) is 45.2 Å². The lowest BCUT2D eigenvalue weighted by Gasteiger charge is -2.39. The van der Waals surface area contributed by atoms with Gasteiger partial charge < -0.3 is 14.9 Å². The third kappa shape index (κ3) is 3.32. The van der Waals surface area contributed by atoms with Crippen molar-refractivity contribution >= 4 is 11.9 Å². The number of carbonyl (C=O) groups is 2. The Balaban J connectivity index is 2.03. The maximum absolute atomic E-state index is 12.7. The van der Waals surface area contributed by atoms with E-state index in [9.17, 15) is 14.7 Å². The van der Waals surface area contributed by atoms with Gasteiger partial charge in [0.2, 0.25) is 5.91 Å². The molecule has 2 rings (SSSR count). The summed E-state index contributed by atoms with van der Waals surface area (Å²) in [5, 5.41) is 9.32. The van der Waals surface area contributed by atoms with Crippen LogP contribution in [-0.2, 0) is 9.59 Å². The summed E-state index contributed by atoms with van der Waals surface area (Å²) in [4.78, 5) is 28.1. The smallest absolute Gasteiger partial charge is 0.307 e. The molecule has 5 heteroatoms. The fourth-order valence-electron chi connectivity index (χ4n) is 3.53. The summed E-state index contributed by atoms with van der Waals surface area (Å²) >= 11 is 0. The minimum Gasteiger partial charge on any atom is -0.481 e. The van der Waals surface area contributed by atoms with Crippen molar-refractivity contribution in [2.24, 2.45) is 11.8 Å². The minimum absolute atomic E-state index is 0.0728. The van der Waals surface area contributed by atoms with Crippen molar-refractivity contribution in [3.63, 3.8) is 0 Å². The number of aliphatic carboxylic acids is 1. The SMILES string of the molecule is CN(C)C1CCCN(C(=O)[C@@H]2CCCC[C@@H]2C(=O)O)C1. The monoisotopic (exact) mass is 282 g/mol. The third-order valence-corrected chi connectivity index (χ3v) is 4.84. The number of piperidine rings is 1. The zero-order valence-electron chi connectivity index (χ0n) is 12.5. The van der Waals surface area contributed by atoms with E-state index in [-0.39, 0.29) is 11.8 Å². The first kappa shape index (κ1) is 15.3.